The van der Waals surface area contributed by atoms with E-state index in [0.29, 0.717) is 19.8 Å². The number of benzene rings is 1. The van der Waals surface area contributed by atoms with E-state index < -0.39 is 6.10 Å². The topological polar surface area (TPSA) is 50.7 Å². The third-order valence-corrected chi connectivity index (χ3v) is 3.60. The highest BCUT2D eigenvalue weighted by Gasteiger charge is 2.23. The first-order chi connectivity index (χ1) is 8.99. The van der Waals surface area contributed by atoms with Crippen LogP contribution in [0.4, 0.5) is 0 Å². The van der Waals surface area contributed by atoms with Crippen molar-refractivity contribution in [3.63, 3.8) is 0 Å². The van der Waals surface area contributed by atoms with Gasteiger partial charge in [-0.3, -0.25) is 0 Å². The molecule has 4 nitrogen and oxygen atoms in total. The third-order valence-electron chi connectivity index (χ3n) is 3.60. The van der Waals surface area contributed by atoms with Crippen LogP contribution >= 0.6 is 0 Å². The van der Waals surface area contributed by atoms with Crippen molar-refractivity contribution >= 4 is 0 Å². The van der Waals surface area contributed by atoms with E-state index in [4.69, 9.17) is 9.47 Å². The van der Waals surface area contributed by atoms with Gasteiger partial charge in [0.1, 0.15) is 0 Å². The van der Waals surface area contributed by atoms with Crippen molar-refractivity contribution in [3.05, 3.63) is 23.8 Å². The van der Waals surface area contributed by atoms with Crippen LogP contribution in [0.1, 0.15) is 32.8 Å². The van der Waals surface area contributed by atoms with E-state index in [0.717, 1.165) is 23.5 Å². The molecule has 1 aliphatic rings. The zero-order valence-electron chi connectivity index (χ0n) is 11.9. The minimum absolute atomic E-state index is 0.315. The lowest BCUT2D eigenvalue weighted by Crippen LogP contribution is -2.47. The predicted octanol–water partition coefficient (Wildman–Crippen LogP) is 2.10. The van der Waals surface area contributed by atoms with Gasteiger partial charge in [-0.1, -0.05) is 6.07 Å². The Kier molecular flexibility index (Phi) is 4.32. The van der Waals surface area contributed by atoms with Crippen LogP contribution in [0.3, 0.4) is 0 Å². The van der Waals surface area contributed by atoms with E-state index >= 15 is 0 Å². The molecule has 19 heavy (non-hydrogen) atoms. The first kappa shape index (κ1) is 14.2. The Hall–Kier alpha value is -1.26. The molecule has 0 saturated heterocycles. The zero-order chi connectivity index (χ0) is 13.9. The highest BCUT2D eigenvalue weighted by Crippen LogP contribution is 2.30. The second kappa shape index (κ2) is 5.80. The number of rotatable bonds is 4. The van der Waals surface area contributed by atoms with Crippen LogP contribution < -0.4 is 14.8 Å². The molecule has 0 fully saturated rings. The maximum atomic E-state index is 9.68. The molecular formula is C15H23NO3. The molecule has 1 aromatic rings. The minimum Gasteiger partial charge on any atom is -0.490 e. The van der Waals surface area contributed by atoms with Gasteiger partial charge in [0.2, 0.25) is 0 Å². The lowest BCUT2D eigenvalue weighted by Gasteiger charge is -2.29. The normalized spacial score (nSPS) is 16.8. The van der Waals surface area contributed by atoms with Crippen molar-refractivity contribution in [1.29, 1.82) is 0 Å². The number of aliphatic hydroxyl groups is 1. The monoisotopic (exact) mass is 265 g/mol. The number of hydrogen-bond acceptors (Lipinski definition) is 4. The molecule has 0 saturated carbocycles. The van der Waals surface area contributed by atoms with Crippen molar-refractivity contribution in [2.75, 3.05) is 13.2 Å². The fourth-order valence-corrected chi connectivity index (χ4v) is 1.80. The van der Waals surface area contributed by atoms with Crippen LogP contribution in [0.5, 0.6) is 11.5 Å². The molecule has 4 heteroatoms. The molecule has 2 N–H and O–H groups in total. The molecule has 0 aromatic heterocycles. The van der Waals surface area contributed by atoms with Crippen LogP contribution in [0.2, 0.25) is 0 Å². The molecule has 1 heterocycles. The van der Waals surface area contributed by atoms with Gasteiger partial charge in [-0.05, 0) is 38.5 Å². The Bertz CT molecular complexity index is 429. The summed E-state index contributed by atoms with van der Waals surface area (Å²) < 4.78 is 11.3. The Labute approximate surface area is 114 Å². The summed E-state index contributed by atoms with van der Waals surface area (Å²) in [6, 6.07) is 5.98. The van der Waals surface area contributed by atoms with E-state index in [9.17, 15) is 5.11 Å². The van der Waals surface area contributed by atoms with E-state index in [1.807, 2.05) is 32.0 Å². The fraction of sp³-hybridized carbons (Fsp3) is 0.600. The average molecular weight is 265 g/mol. The highest BCUT2D eigenvalue weighted by atomic mass is 16.5. The maximum absolute atomic E-state index is 9.68. The van der Waals surface area contributed by atoms with Crippen molar-refractivity contribution in [1.82, 2.24) is 5.32 Å². The number of hydrogen-bond donors (Lipinski definition) is 2. The van der Waals surface area contributed by atoms with Gasteiger partial charge in [0, 0.05) is 18.5 Å². The number of nitrogens with one attached hydrogen (secondary N) is 1. The summed E-state index contributed by atoms with van der Waals surface area (Å²) in [6.45, 7) is 7.86. The second-order valence-electron chi connectivity index (χ2n) is 5.58. The summed E-state index contributed by atoms with van der Waals surface area (Å²) >= 11 is 0. The fourth-order valence-electron chi connectivity index (χ4n) is 1.80. The van der Waals surface area contributed by atoms with E-state index in [-0.39, 0.29) is 5.54 Å². The highest BCUT2D eigenvalue weighted by molar-refractivity contribution is 5.43. The summed E-state index contributed by atoms with van der Waals surface area (Å²) in [4.78, 5) is 0. The molecule has 106 valence electrons. The smallest absolute Gasteiger partial charge is 0.161 e. The van der Waals surface area contributed by atoms with Gasteiger partial charge in [0.25, 0.3) is 0 Å². The SMILES string of the molecule is CC(O)C(C)(C)NCc1ccc2c(c1)OCCCO2. The number of fused-ring (bicyclic) bond motifs is 1. The van der Waals surface area contributed by atoms with Gasteiger partial charge in [-0.2, -0.15) is 0 Å². The zero-order valence-corrected chi connectivity index (χ0v) is 11.9. The van der Waals surface area contributed by atoms with Gasteiger partial charge < -0.3 is 19.9 Å². The van der Waals surface area contributed by atoms with Gasteiger partial charge in [-0.25, -0.2) is 0 Å². The van der Waals surface area contributed by atoms with Crippen LogP contribution in [-0.2, 0) is 6.54 Å². The van der Waals surface area contributed by atoms with Gasteiger partial charge >= 0.3 is 0 Å². The summed E-state index contributed by atoms with van der Waals surface area (Å²) in [5.74, 6) is 1.63. The Morgan fingerprint density at radius 3 is 2.63 bits per heavy atom. The third kappa shape index (κ3) is 3.61. The standard InChI is InChI=1S/C15H23NO3/c1-11(17)15(2,3)16-10-12-5-6-13-14(9-12)19-8-4-7-18-13/h5-6,9,11,16-17H,4,7-8,10H2,1-3H3. The molecule has 0 aliphatic carbocycles. The summed E-state index contributed by atoms with van der Waals surface area (Å²) in [7, 11) is 0. The number of aliphatic hydroxyl groups excluding tert-OH is 1. The van der Waals surface area contributed by atoms with Crippen LogP contribution in [0, 0.1) is 0 Å². The first-order valence-electron chi connectivity index (χ1n) is 6.80. The lowest BCUT2D eigenvalue weighted by atomic mass is 9.98. The Balaban J connectivity index is 2.04. The largest absolute Gasteiger partial charge is 0.490 e. The Morgan fingerprint density at radius 2 is 1.95 bits per heavy atom. The van der Waals surface area contributed by atoms with Gasteiger partial charge in [0.05, 0.1) is 19.3 Å². The number of ether oxygens (including phenoxy) is 2. The molecular weight excluding hydrogens is 242 g/mol. The van der Waals surface area contributed by atoms with Crippen LogP contribution in [0.15, 0.2) is 18.2 Å². The summed E-state index contributed by atoms with van der Waals surface area (Å²) in [5.41, 5.74) is 0.808. The van der Waals surface area contributed by atoms with E-state index in [2.05, 4.69) is 5.32 Å². The summed E-state index contributed by atoms with van der Waals surface area (Å²) in [5, 5.41) is 13.0. The van der Waals surface area contributed by atoms with Gasteiger partial charge in [0.15, 0.2) is 11.5 Å². The molecule has 2 rings (SSSR count). The molecule has 1 atom stereocenters. The molecule has 0 spiro atoms. The van der Waals surface area contributed by atoms with Crippen LogP contribution in [-0.4, -0.2) is 30.0 Å². The Morgan fingerprint density at radius 1 is 1.26 bits per heavy atom. The molecule has 1 aromatic carbocycles. The van der Waals surface area contributed by atoms with Gasteiger partial charge in [-0.15, -0.1) is 0 Å². The van der Waals surface area contributed by atoms with Crippen molar-refractivity contribution in [3.8, 4) is 11.5 Å². The van der Waals surface area contributed by atoms with E-state index in [1.54, 1.807) is 6.92 Å². The minimum atomic E-state index is -0.409. The molecule has 1 aliphatic heterocycles. The van der Waals surface area contributed by atoms with Crippen molar-refractivity contribution in [2.45, 2.75) is 45.4 Å². The van der Waals surface area contributed by atoms with Crippen molar-refractivity contribution in [2.24, 2.45) is 0 Å². The van der Waals surface area contributed by atoms with Crippen LogP contribution in [0.25, 0.3) is 0 Å². The quantitative estimate of drug-likeness (QED) is 0.875. The predicted molar refractivity (Wildman–Crippen MR) is 74.6 cm³/mol. The first-order valence-corrected chi connectivity index (χ1v) is 6.80. The average Bonchev–Trinajstić information content (AvgIpc) is 2.60. The molecule has 0 radical (unpaired) electrons. The van der Waals surface area contributed by atoms with E-state index in [1.165, 1.54) is 0 Å². The maximum Gasteiger partial charge on any atom is 0.161 e. The summed E-state index contributed by atoms with van der Waals surface area (Å²) in [6.07, 6.45) is 0.505. The lowest BCUT2D eigenvalue weighted by molar-refractivity contribution is 0.0956. The molecule has 0 amide bonds. The second-order valence-corrected chi connectivity index (χ2v) is 5.58. The van der Waals surface area contributed by atoms with Crippen molar-refractivity contribution < 1.29 is 14.6 Å². The molecule has 0 bridgehead atoms. The molecule has 1 unspecified atom stereocenters.